The van der Waals surface area contributed by atoms with E-state index in [9.17, 15) is 0 Å². The second kappa shape index (κ2) is 4.94. The zero-order chi connectivity index (χ0) is 12.4. The van der Waals surface area contributed by atoms with Gasteiger partial charge in [-0.15, -0.1) is 0 Å². The molecule has 1 heterocycles. The number of nitrogen functional groups attached to an aromatic ring is 1. The summed E-state index contributed by atoms with van der Waals surface area (Å²) in [5.41, 5.74) is 8.43. The lowest BCUT2D eigenvalue weighted by molar-refractivity contribution is 0.902. The Labute approximate surface area is 109 Å². The van der Waals surface area contributed by atoms with Gasteiger partial charge in [-0.1, -0.05) is 11.6 Å². The molecular formula is C12H12ClN3S. The molecule has 0 saturated carbocycles. The summed E-state index contributed by atoms with van der Waals surface area (Å²) in [4.78, 5) is 9.63. The SMILES string of the molecule is Cc1cc(C)nc(Sc2ccc(Cl)cc2N)n1. The molecule has 5 heteroatoms. The highest BCUT2D eigenvalue weighted by molar-refractivity contribution is 7.99. The first-order valence-corrected chi connectivity index (χ1v) is 6.29. The number of nitrogens with zero attached hydrogens (tertiary/aromatic N) is 2. The highest BCUT2D eigenvalue weighted by Gasteiger charge is 2.06. The molecule has 2 aromatic rings. The lowest BCUT2D eigenvalue weighted by Gasteiger charge is -2.05. The predicted molar refractivity (Wildman–Crippen MR) is 71.5 cm³/mol. The van der Waals surface area contributed by atoms with Crippen molar-refractivity contribution in [3.63, 3.8) is 0 Å². The van der Waals surface area contributed by atoms with E-state index in [-0.39, 0.29) is 0 Å². The number of benzene rings is 1. The molecule has 0 bridgehead atoms. The third-order valence-corrected chi connectivity index (χ3v) is 3.33. The quantitative estimate of drug-likeness (QED) is 0.667. The van der Waals surface area contributed by atoms with Crippen LogP contribution in [-0.4, -0.2) is 9.97 Å². The zero-order valence-electron chi connectivity index (χ0n) is 9.57. The van der Waals surface area contributed by atoms with E-state index < -0.39 is 0 Å². The van der Waals surface area contributed by atoms with Crippen LogP contribution in [0.5, 0.6) is 0 Å². The molecule has 0 aliphatic heterocycles. The van der Waals surface area contributed by atoms with Gasteiger partial charge in [0.1, 0.15) is 0 Å². The van der Waals surface area contributed by atoms with Gasteiger partial charge in [0.2, 0.25) is 0 Å². The molecule has 0 unspecified atom stereocenters. The molecule has 0 fully saturated rings. The van der Waals surface area contributed by atoms with Crippen LogP contribution in [0.4, 0.5) is 5.69 Å². The monoisotopic (exact) mass is 265 g/mol. The third-order valence-electron chi connectivity index (χ3n) is 2.13. The van der Waals surface area contributed by atoms with Crippen molar-refractivity contribution in [3.8, 4) is 0 Å². The van der Waals surface area contributed by atoms with Gasteiger partial charge in [-0.25, -0.2) is 9.97 Å². The summed E-state index contributed by atoms with van der Waals surface area (Å²) in [7, 11) is 0. The van der Waals surface area contributed by atoms with Crippen LogP contribution in [0.1, 0.15) is 11.4 Å². The number of nitrogens with two attached hydrogens (primary N) is 1. The van der Waals surface area contributed by atoms with Crippen LogP contribution in [0.2, 0.25) is 5.02 Å². The second-order valence-corrected chi connectivity index (χ2v) is 5.16. The largest absolute Gasteiger partial charge is 0.398 e. The number of aryl methyl sites for hydroxylation is 2. The summed E-state index contributed by atoms with van der Waals surface area (Å²) < 4.78 is 0. The van der Waals surface area contributed by atoms with Crippen molar-refractivity contribution < 1.29 is 0 Å². The number of halogens is 1. The maximum absolute atomic E-state index is 5.88. The average Bonchev–Trinajstić information content (AvgIpc) is 2.21. The van der Waals surface area contributed by atoms with Crippen molar-refractivity contribution >= 4 is 29.1 Å². The van der Waals surface area contributed by atoms with Crippen LogP contribution in [-0.2, 0) is 0 Å². The van der Waals surface area contributed by atoms with Crippen molar-refractivity contribution in [2.24, 2.45) is 0 Å². The van der Waals surface area contributed by atoms with E-state index in [0.717, 1.165) is 16.3 Å². The molecule has 88 valence electrons. The first kappa shape index (κ1) is 12.2. The van der Waals surface area contributed by atoms with Gasteiger partial charge >= 0.3 is 0 Å². The predicted octanol–water partition coefficient (Wildman–Crippen LogP) is 3.48. The van der Waals surface area contributed by atoms with E-state index in [1.54, 1.807) is 6.07 Å². The Bertz CT molecular complexity index is 537. The van der Waals surface area contributed by atoms with E-state index in [1.165, 1.54) is 11.8 Å². The summed E-state index contributed by atoms with van der Waals surface area (Å²) in [6, 6.07) is 7.36. The average molecular weight is 266 g/mol. The van der Waals surface area contributed by atoms with Gasteiger partial charge < -0.3 is 5.73 Å². The molecule has 0 amide bonds. The summed E-state index contributed by atoms with van der Waals surface area (Å²) in [5, 5.41) is 1.34. The number of hydrogen-bond acceptors (Lipinski definition) is 4. The molecule has 0 aliphatic carbocycles. The van der Waals surface area contributed by atoms with Crippen molar-refractivity contribution in [3.05, 3.63) is 40.7 Å². The molecule has 2 rings (SSSR count). The van der Waals surface area contributed by atoms with Crippen molar-refractivity contribution in [2.45, 2.75) is 23.9 Å². The second-order valence-electron chi connectivity index (χ2n) is 3.72. The third kappa shape index (κ3) is 3.11. The minimum Gasteiger partial charge on any atom is -0.398 e. The number of anilines is 1. The van der Waals surface area contributed by atoms with Gasteiger partial charge in [0.25, 0.3) is 0 Å². The zero-order valence-corrected chi connectivity index (χ0v) is 11.1. The standard InChI is InChI=1S/C12H12ClN3S/c1-7-5-8(2)16-12(15-7)17-11-4-3-9(13)6-10(11)14/h3-6H,14H2,1-2H3. The fourth-order valence-electron chi connectivity index (χ4n) is 1.45. The number of aromatic nitrogens is 2. The van der Waals surface area contributed by atoms with Crippen molar-refractivity contribution in [1.82, 2.24) is 9.97 Å². The Morgan fingerprint density at radius 3 is 2.35 bits per heavy atom. The molecule has 0 atom stereocenters. The molecular weight excluding hydrogens is 254 g/mol. The van der Waals surface area contributed by atoms with Crippen LogP contribution < -0.4 is 5.73 Å². The molecule has 0 saturated heterocycles. The lowest BCUT2D eigenvalue weighted by atomic mass is 10.3. The summed E-state index contributed by atoms with van der Waals surface area (Å²) in [5.74, 6) is 0. The van der Waals surface area contributed by atoms with Gasteiger partial charge in [0.15, 0.2) is 5.16 Å². The first-order chi connectivity index (χ1) is 8.04. The minimum absolute atomic E-state index is 0.633. The smallest absolute Gasteiger partial charge is 0.192 e. The molecule has 1 aromatic carbocycles. The van der Waals surface area contributed by atoms with Crippen LogP contribution in [0.15, 0.2) is 34.3 Å². The molecule has 0 radical (unpaired) electrons. The highest BCUT2D eigenvalue weighted by Crippen LogP contribution is 2.31. The van der Waals surface area contributed by atoms with Crippen LogP contribution in [0.25, 0.3) is 0 Å². The fraction of sp³-hybridized carbons (Fsp3) is 0.167. The topological polar surface area (TPSA) is 51.8 Å². The Morgan fingerprint density at radius 2 is 1.76 bits per heavy atom. The maximum Gasteiger partial charge on any atom is 0.192 e. The maximum atomic E-state index is 5.88. The van der Waals surface area contributed by atoms with E-state index in [0.29, 0.717) is 15.9 Å². The van der Waals surface area contributed by atoms with Crippen molar-refractivity contribution in [2.75, 3.05) is 5.73 Å². The Kier molecular flexibility index (Phi) is 3.54. The van der Waals surface area contributed by atoms with E-state index >= 15 is 0 Å². The van der Waals surface area contributed by atoms with E-state index in [4.69, 9.17) is 17.3 Å². The van der Waals surface area contributed by atoms with Gasteiger partial charge in [-0.05, 0) is 49.9 Å². The summed E-state index contributed by atoms with van der Waals surface area (Å²) >= 11 is 7.30. The van der Waals surface area contributed by atoms with Crippen LogP contribution >= 0.6 is 23.4 Å². The number of hydrogen-bond donors (Lipinski definition) is 1. The summed E-state index contributed by atoms with van der Waals surface area (Å²) in [6.07, 6.45) is 0. The van der Waals surface area contributed by atoms with Gasteiger partial charge in [-0.2, -0.15) is 0 Å². The number of rotatable bonds is 2. The molecule has 1 aromatic heterocycles. The Morgan fingerprint density at radius 1 is 1.12 bits per heavy atom. The van der Waals surface area contributed by atoms with E-state index in [1.807, 2.05) is 32.0 Å². The molecule has 3 nitrogen and oxygen atoms in total. The van der Waals surface area contributed by atoms with Gasteiger partial charge in [0.05, 0.1) is 0 Å². The first-order valence-electron chi connectivity index (χ1n) is 5.10. The highest BCUT2D eigenvalue weighted by atomic mass is 35.5. The van der Waals surface area contributed by atoms with Crippen LogP contribution in [0, 0.1) is 13.8 Å². The molecule has 0 spiro atoms. The Hall–Kier alpha value is -1.26. The minimum atomic E-state index is 0.633. The van der Waals surface area contributed by atoms with Crippen LogP contribution in [0.3, 0.4) is 0 Å². The lowest BCUT2D eigenvalue weighted by Crippen LogP contribution is -1.94. The molecule has 0 aliphatic rings. The summed E-state index contributed by atoms with van der Waals surface area (Å²) in [6.45, 7) is 3.90. The Balaban J connectivity index is 2.31. The van der Waals surface area contributed by atoms with Crippen molar-refractivity contribution in [1.29, 1.82) is 0 Å². The van der Waals surface area contributed by atoms with E-state index in [2.05, 4.69) is 9.97 Å². The van der Waals surface area contributed by atoms with Gasteiger partial charge in [-0.3, -0.25) is 0 Å². The van der Waals surface area contributed by atoms with Gasteiger partial charge in [0, 0.05) is 27.0 Å². The molecule has 2 N–H and O–H groups in total. The normalized spacial score (nSPS) is 10.5. The fourth-order valence-corrected chi connectivity index (χ4v) is 2.52. The molecule has 17 heavy (non-hydrogen) atoms.